The molecule has 6 heteroatoms. The molecule has 0 saturated heterocycles. The summed E-state index contributed by atoms with van der Waals surface area (Å²) in [5.74, 6) is -1.34. The highest BCUT2D eigenvalue weighted by Gasteiger charge is 2.19. The van der Waals surface area contributed by atoms with E-state index >= 15 is 0 Å². The zero-order chi connectivity index (χ0) is 13.7. The standard InChI is InChI=1S/C12H16N2O4/c1-13(2)7-11(16)14(8-12(17)18)9-3-5-10(15)6-4-9/h3-6,15H,7-8H2,1-2H3,(H,17,18). The molecule has 0 aromatic heterocycles. The molecule has 0 aliphatic carbocycles. The number of likely N-dealkylation sites (N-methyl/N-ethyl adjacent to an activating group) is 1. The lowest BCUT2D eigenvalue weighted by atomic mass is 10.2. The number of carboxylic acids is 1. The van der Waals surface area contributed by atoms with Gasteiger partial charge in [0.1, 0.15) is 12.3 Å². The Balaban J connectivity index is 2.93. The van der Waals surface area contributed by atoms with Gasteiger partial charge in [-0.25, -0.2) is 0 Å². The average molecular weight is 252 g/mol. The average Bonchev–Trinajstić information content (AvgIpc) is 2.26. The molecule has 1 amide bonds. The van der Waals surface area contributed by atoms with Gasteiger partial charge in [0.2, 0.25) is 5.91 Å². The molecular weight excluding hydrogens is 236 g/mol. The quantitative estimate of drug-likeness (QED) is 0.791. The van der Waals surface area contributed by atoms with E-state index in [1.54, 1.807) is 19.0 Å². The van der Waals surface area contributed by atoms with E-state index in [-0.39, 0.29) is 18.2 Å². The number of amides is 1. The van der Waals surface area contributed by atoms with Crippen LogP contribution in [-0.2, 0) is 9.59 Å². The van der Waals surface area contributed by atoms with Crippen LogP contribution in [0.5, 0.6) is 5.75 Å². The van der Waals surface area contributed by atoms with E-state index in [1.807, 2.05) is 0 Å². The number of aromatic hydroxyl groups is 1. The number of phenolic OH excluding ortho intramolecular Hbond substituents is 1. The first-order valence-corrected chi connectivity index (χ1v) is 5.36. The highest BCUT2D eigenvalue weighted by atomic mass is 16.4. The summed E-state index contributed by atoms with van der Waals surface area (Å²) in [4.78, 5) is 25.5. The number of rotatable bonds is 5. The first-order valence-electron chi connectivity index (χ1n) is 5.36. The predicted molar refractivity (Wildman–Crippen MR) is 66.6 cm³/mol. The van der Waals surface area contributed by atoms with Crippen LogP contribution in [-0.4, -0.2) is 54.2 Å². The van der Waals surface area contributed by atoms with Crippen molar-refractivity contribution in [2.75, 3.05) is 32.1 Å². The van der Waals surface area contributed by atoms with E-state index in [4.69, 9.17) is 5.11 Å². The van der Waals surface area contributed by atoms with Gasteiger partial charge >= 0.3 is 5.97 Å². The number of hydrogen-bond acceptors (Lipinski definition) is 4. The number of nitrogens with zero attached hydrogens (tertiary/aromatic N) is 2. The number of carbonyl (C=O) groups is 2. The summed E-state index contributed by atoms with van der Waals surface area (Å²) in [7, 11) is 3.46. The molecule has 0 unspecified atom stereocenters. The summed E-state index contributed by atoms with van der Waals surface area (Å²) in [6.07, 6.45) is 0. The molecule has 0 bridgehead atoms. The monoisotopic (exact) mass is 252 g/mol. The van der Waals surface area contributed by atoms with Crippen LogP contribution in [0.4, 0.5) is 5.69 Å². The summed E-state index contributed by atoms with van der Waals surface area (Å²) >= 11 is 0. The second kappa shape index (κ2) is 6.02. The fraction of sp³-hybridized carbons (Fsp3) is 0.333. The maximum absolute atomic E-state index is 11.9. The van der Waals surface area contributed by atoms with Crippen molar-refractivity contribution >= 4 is 17.6 Å². The van der Waals surface area contributed by atoms with Crippen LogP contribution in [0, 0.1) is 0 Å². The minimum atomic E-state index is -1.09. The molecule has 0 saturated carbocycles. The van der Waals surface area contributed by atoms with Crippen LogP contribution in [0.3, 0.4) is 0 Å². The topological polar surface area (TPSA) is 81.1 Å². The van der Waals surface area contributed by atoms with Crippen LogP contribution in [0.1, 0.15) is 0 Å². The molecule has 0 heterocycles. The van der Waals surface area contributed by atoms with Gasteiger partial charge in [0.05, 0.1) is 6.54 Å². The molecule has 1 rings (SSSR count). The Bertz CT molecular complexity index is 428. The van der Waals surface area contributed by atoms with Crippen molar-refractivity contribution in [1.29, 1.82) is 0 Å². The molecule has 98 valence electrons. The summed E-state index contributed by atoms with van der Waals surface area (Å²) in [6, 6.07) is 5.83. The van der Waals surface area contributed by atoms with Crippen LogP contribution in [0.2, 0.25) is 0 Å². The first-order chi connectivity index (χ1) is 8.40. The largest absolute Gasteiger partial charge is 0.508 e. The Hall–Kier alpha value is -2.08. The Kier molecular flexibility index (Phi) is 4.67. The van der Waals surface area contributed by atoms with Gasteiger partial charge in [0.25, 0.3) is 0 Å². The number of phenols is 1. The number of carboxylic acid groups (broad SMARTS) is 1. The second-order valence-corrected chi connectivity index (χ2v) is 4.13. The van der Waals surface area contributed by atoms with Crippen molar-refractivity contribution in [2.45, 2.75) is 0 Å². The van der Waals surface area contributed by atoms with Gasteiger partial charge in [-0.2, -0.15) is 0 Å². The predicted octanol–water partition coefficient (Wildman–Crippen LogP) is 0.371. The lowest BCUT2D eigenvalue weighted by Crippen LogP contribution is -2.41. The fourth-order valence-corrected chi connectivity index (χ4v) is 1.45. The molecule has 2 N–H and O–H groups in total. The van der Waals surface area contributed by atoms with Crippen LogP contribution in [0.25, 0.3) is 0 Å². The van der Waals surface area contributed by atoms with Gasteiger partial charge in [0.15, 0.2) is 0 Å². The molecule has 0 aliphatic heterocycles. The van der Waals surface area contributed by atoms with Crippen molar-refractivity contribution in [3.63, 3.8) is 0 Å². The molecule has 0 fully saturated rings. The van der Waals surface area contributed by atoms with Crippen LogP contribution in [0.15, 0.2) is 24.3 Å². The van der Waals surface area contributed by atoms with E-state index in [2.05, 4.69) is 0 Å². The van der Waals surface area contributed by atoms with Crippen molar-refractivity contribution < 1.29 is 19.8 Å². The third-order valence-corrected chi connectivity index (χ3v) is 2.21. The van der Waals surface area contributed by atoms with E-state index in [1.165, 1.54) is 29.2 Å². The maximum Gasteiger partial charge on any atom is 0.323 e. The number of benzene rings is 1. The molecule has 0 radical (unpaired) electrons. The van der Waals surface area contributed by atoms with Crippen molar-refractivity contribution in [3.05, 3.63) is 24.3 Å². The van der Waals surface area contributed by atoms with Crippen molar-refractivity contribution in [2.24, 2.45) is 0 Å². The molecule has 18 heavy (non-hydrogen) atoms. The van der Waals surface area contributed by atoms with Gasteiger partial charge in [-0.1, -0.05) is 0 Å². The van der Waals surface area contributed by atoms with Gasteiger partial charge in [-0.05, 0) is 38.4 Å². The van der Waals surface area contributed by atoms with Gasteiger partial charge in [-0.3, -0.25) is 9.59 Å². The second-order valence-electron chi connectivity index (χ2n) is 4.13. The Morgan fingerprint density at radius 2 is 1.67 bits per heavy atom. The van der Waals surface area contributed by atoms with E-state index in [0.717, 1.165) is 0 Å². The molecular formula is C12H16N2O4. The molecule has 1 aromatic rings. The number of hydrogen-bond donors (Lipinski definition) is 2. The van der Waals surface area contributed by atoms with E-state index in [0.29, 0.717) is 5.69 Å². The molecule has 0 spiro atoms. The van der Waals surface area contributed by atoms with Crippen LogP contribution < -0.4 is 4.90 Å². The molecule has 1 aromatic carbocycles. The number of anilines is 1. The van der Waals surface area contributed by atoms with E-state index < -0.39 is 12.5 Å². The smallest absolute Gasteiger partial charge is 0.323 e. The van der Waals surface area contributed by atoms with Gasteiger partial charge in [0, 0.05) is 5.69 Å². The lowest BCUT2D eigenvalue weighted by molar-refractivity contribution is -0.136. The molecule has 6 nitrogen and oxygen atoms in total. The van der Waals surface area contributed by atoms with Crippen LogP contribution >= 0.6 is 0 Å². The lowest BCUT2D eigenvalue weighted by Gasteiger charge is -2.22. The van der Waals surface area contributed by atoms with Gasteiger partial charge in [-0.15, -0.1) is 0 Å². The zero-order valence-electron chi connectivity index (χ0n) is 10.3. The molecule has 0 atom stereocenters. The Morgan fingerprint density at radius 3 is 2.11 bits per heavy atom. The normalized spacial score (nSPS) is 10.4. The SMILES string of the molecule is CN(C)CC(=O)N(CC(=O)O)c1ccc(O)cc1. The minimum Gasteiger partial charge on any atom is -0.508 e. The molecule has 0 aliphatic rings. The Morgan fingerprint density at radius 1 is 1.11 bits per heavy atom. The highest BCUT2D eigenvalue weighted by Crippen LogP contribution is 2.18. The first kappa shape index (κ1) is 14.0. The zero-order valence-corrected chi connectivity index (χ0v) is 10.3. The minimum absolute atomic E-state index is 0.0640. The fourth-order valence-electron chi connectivity index (χ4n) is 1.45. The van der Waals surface area contributed by atoms with Gasteiger partial charge < -0.3 is 20.0 Å². The Labute approximate surface area is 105 Å². The summed E-state index contributed by atoms with van der Waals surface area (Å²) < 4.78 is 0. The summed E-state index contributed by atoms with van der Waals surface area (Å²) in [5.41, 5.74) is 0.446. The van der Waals surface area contributed by atoms with E-state index in [9.17, 15) is 14.7 Å². The maximum atomic E-state index is 11.9. The summed E-state index contributed by atoms with van der Waals surface area (Å²) in [6.45, 7) is -0.286. The highest BCUT2D eigenvalue weighted by molar-refractivity contribution is 5.98. The van der Waals surface area contributed by atoms with Crippen molar-refractivity contribution in [3.8, 4) is 5.75 Å². The number of aliphatic carboxylic acids is 1. The third kappa shape index (κ3) is 4.06. The third-order valence-electron chi connectivity index (χ3n) is 2.21. The summed E-state index contributed by atoms with van der Waals surface area (Å²) in [5, 5.41) is 18.0. The number of carbonyl (C=O) groups excluding carboxylic acids is 1. The van der Waals surface area contributed by atoms with Crippen molar-refractivity contribution in [1.82, 2.24) is 4.90 Å².